The van der Waals surface area contributed by atoms with E-state index >= 15 is 0 Å². The van der Waals surface area contributed by atoms with Crippen molar-refractivity contribution in [2.75, 3.05) is 0 Å². The number of benzene rings is 1. The van der Waals surface area contributed by atoms with Crippen molar-refractivity contribution in [1.82, 2.24) is 0 Å². The maximum atomic E-state index is 14.2. The molecule has 116 valence electrons. The first kappa shape index (κ1) is 15.3. The number of rotatable bonds is 3. The van der Waals surface area contributed by atoms with Crippen LogP contribution in [0, 0.1) is 29.0 Å². The van der Waals surface area contributed by atoms with Gasteiger partial charge in [-0.15, -0.1) is 0 Å². The van der Waals surface area contributed by atoms with E-state index in [0.717, 1.165) is 23.5 Å². The van der Waals surface area contributed by atoms with Crippen LogP contribution in [0.3, 0.4) is 0 Å². The lowest BCUT2D eigenvalue weighted by Crippen LogP contribution is -2.19. The first-order valence-corrected chi connectivity index (χ1v) is 8.62. The summed E-state index contributed by atoms with van der Waals surface area (Å²) in [5.74, 6) is 1.32. The summed E-state index contributed by atoms with van der Waals surface area (Å²) < 4.78 is 14.2. The summed E-state index contributed by atoms with van der Waals surface area (Å²) in [4.78, 5) is 0. The number of hydrogen-bond donors (Lipinski definition) is 0. The molecule has 3 rings (SSSR count). The van der Waals surface area contributed by atoms with Gasteiger partial charge in [-0.1, -0.05) is 37.5 Å². The number of nitrogens with zero attached hydrogens (tertiary/aromatic N) is 1. The van der Waals surface area contributed by atoms with Crippen LogP contribution in [0.1, 0.15) is 62.1 Å². The molecule has 0 aliphatic heterocycles. The lowest BCUT2D eigenvalue weighted by Gasteiger charge is -2.32. The Hall–Kier alpha value is -1.62. The number of nitriles is 1. The quantitative estimate of drug-likeness (QED) is 0.692. The molecule has 22 heavy (non-hydrogen) atoms. The lowest BCUT2D eigenvalue weighted by atomic mass is 9.74. The molecule has 0 radical (unpaired) electrons. The number of hydrogen-bond acceptors (Lipinski definition) is 1. The average molecular weight is 297 g/mol. The first-order chi connectivity index (χ1) is 10.7. The van der Waals surface area contributed by atoms with Gasteiger partial charge in [-0.3, -0.25) is 0 Å². The maximum Gasteiger partial charge on any atom is 0.144 e. The van der Waals surface area contributed by atoms with Gasteiger partial charge < -0.3 is 0 Å². The van der Waals surface area contributed by atoms with Crippen LogP contribution < -0.4 is 0 Å². The van der Waals surface area contributed by atoms with Crippen LogP contribution in [0.2, 0.25) is 0 Å². The minimum absolute atomic E-state index is 0.177. The Morgan fingerprint density at radius 1 is 1.23 bits per heavy atom. The highest BCUT2D eigenvalue weighted by molar-refractivity contribution is 5.45. The van der Waals surface area contributed by atoms with Crippen molar-refractivity contribution in [1.29, 1.82) is 5.26 Å². The van der Waals surface area contributed by atoms with Crippen LogP contribution in [-0.4, -0.2) is 0 Å². The molecule has 0 aromatic heterocycles. The van der Waals surface area contributed by atoms with E-state index in [-0.39, 0.29) is 11.4 Å². The third-order valence-corrected chi connectivity index (χ3v) is 5.49. The van der Waals surface area contributed by atoms with Crippen molar-refractivity contribution in [3.05, 3.63) is 46.3 Å². The smallest absolute Gasteiger partial charge is 0.144 e. The zero-order valence-corrected chi connectivity index (χ0v) is 13.4. The van der Waals surface area contributed by atoms with Crippen molar-refractivity contribution in [3.8, 4) is 6.07 Å². The summed E-state index contributed by atoms with van der Waals surface area (Å²) in [6, 6.07) is 5.53. The van der Waals surface area contributed by atoms with Crippen LogP contribution in [-0.2, 0) is 12.8 Å². The molecule has 1 fully saturated rings. The minimum atomic E-state index is -0.304. The van der Waals surface area contributed by atoms with E-state index in [9.17, 15) is 4.39 Å². The van der Waals surface area contributed by atoms with Gasteiger partial charge in [0.1, 0.15) is 11.9 Å². The Morgan fingerprint density at radius 3 is 2.68 bits per heavy atom. The molecular formula is C20H24FN. The zero-order chi connectivity index (χ0) is 15.5. The Labute approximate surface area is 132 Å². The van der Waals surface area contributed by atoms with E-state index in [4.69, 9.17) is 5.26 Å². The zero-order valence-electron chi connectivity index (χ0n) is 13.4. The Kier molecular flexibility index (Phi) is 4.62. The van der Waals surface area contributed by atoms with Crippen LogP contribution in [0.25, 0.3) is 0 Å². The van der Waals surface area contributed by atoms with Crippen LogP contribution in [0.15, 0.2) is 23.8 Å². The topological polar surface area (TPSA) is 23.8 Å². The van der Waals surface area contributed by atoms with Crippen molar-refractivity contribution < 1.29 is 4.39 Å². The Balaban J connectivity index is 1.70. The number of halogens is 1. The van der Waals surface area contributed by atoms with E-state index in [1.807, 2.05) is 12.1 Å². The Morgan fingerprint density at radius 2 is 2.00 bits per heavy atom. The van der Waals surface area contributed by atoms with Gasteiger partial charge in [0.25, 0.3) is 0 Å². The molecule has 0 heterocycles. The monoisotopic (exact) mass is 297 g/mol. The molecule has 2 aliphatic rings. The van der Waals surface area contributed by atoms with E-state index in [1.54, 1.807) is 6.07 Å². The summed E-state index contributed by atoms with van der Waals surface area (Å²) in [6.07, 6.45) is 11.7. The van der Waals surface area contributed by atoms with Crippen LogP contribution >= 0.6 is 0 Å². The van der Waals surface area contributed by atoms with E-state index in [0.29, 0.717) is 12.3 Å². The predicted molar refractivity (Wildman–Crippen MR) is 87.0 cm³/mol. The highest BCUT2D eigenvalue weighted by Crippen LogP contribution is 2.38. The molecular weight excluding hydrogens is 273 g/mol. The molecule has 0 atom stereocenters. The number of fused-ring (bicyclic) bond motifs is 1. The second kappa shape index (κ2) is 6.65. The van der Waals surface area contributed by atoms with Crippen molar-refractivity contribution in [2.45, 2.75) is 58.3 Å². The maximum absolute atomic E-state index is 14.2. The first-order valence-electron chi connectivity index (χ1n) is 8.62. The van der Waals surface area contributed by atoms with Gasteiger partial charge in [0.15, 0.2) is 0 Å². The summed E-state index contributed by atoms with van der Waals surface area (Å²) >= 11 is 0. The SMILES string of the molecule is CCCC1CCC(C2=CCc3c(ccc(C#N)c3F)C2)CC1. The molecule has 2 heteroatoms. The molecule has 0 spiro atoms. The highest BCUT2D eigenvalue weighted by Gasteiger charge is 2.26. The van der Waals surface area contributed by atoms with Crippen LogP contribution in [0.5, 0.6) is 0 Å². The van der Waals surface area contributed by atoms with E-state index < -0.39 is 0 Å². The van der Waals surface area contributed by atoms with Gasteiger partial charge in [-0.05, 0) is 67.6 Å². The van der Waals surface area contributed by atoms with Gasteiger partial charge in [0.05, 0.1) is 5.56 Å². The van der Waals surface area contributed by atoms with Gasteiger partial charge in [0.2, 0.25) is 0 Å². The van der Waals surface area contributed by atoms with Crippen molar-refractivity contribution in [2.24, 2.45) is 11.8 Å². The molecule has 0 amide bonds. The molecule has 2 aliphatic carbocycles. The highest BCUT2D eigenvalue weighted by atomic mass is 19.1. The van der Waals surface area contributed by atoms with Gasteiger partial charge in [0, 0.05) is 0 Å². The second-order valence-corrected chi connectivity index (χ2v) is 6.84. The molecule has 0 saturated heterocycles. The number of allylic oxidation sites excluding steroid dienone is 2. The predicted octanol–water partition coefficient (Wildman–Crippen LogP) is 5.33. The molecule has 0 N–H and O–H groups in total. The molecule has 1 aromatic rings. The van der Waals surface area contributed by atoms with Gasteiger partial charge >= 0.3 is 0 Å². The third-order valence-electron chi connectivity index (χ3n) is 5.49. The molecule has 1 aromatic carbocycles. The average Bonchev–Trinajstić information content (AvgIpc) is 2.56. The fraction of sp³-hybridized carbons (Fsp3) is 0.550. The fourth-order valence-electron chi connectivity index (χ4n) is 4.20. The van der Waals surface area contributed by atoms with E-state index in [2.05, 4.69) is 13.0 Å². The molecule has 1 nitrogen and oxygen atoms in total. The summed E-state index contributed by atoms with van der Waals surface area (Å²) in [7, 11) is 0. The van der Waals surface area contributed by atoms with Crippen LogP contribution in [0.4, 0.5) is 4.39 Å². The molecule has 1 saturated carbocycles. The largest absolute Gasteiger partial charge is 0.205 e. The fourth-order valence-corrected chi connectivity index (χ4v) is 4.20. The van der Waals surface area contributed by atoms with E-state index in [1.165, 1.54) is 44.1 Å². The molecule has 0 unspecified atom stereocenters. The summed E-state index contributed by atoms with van der Waals surface area (Å²) in [5, 5.41) is 8.94. The molecule has 0 bridgehead atoms. The Bertz CT molecular complexity index is 615. The van der Waals surface area contributed by atoms with Crippen molar-refractivity contribution >= 4 is 0 Å². The normalized spacial score (nSPS) is 24.3. The standard InChI is InChI=1S/C20H24FN/c1-2-3-14-4-6-15(7-5-14)16-10-11-19-17(12-16)8-9-18(13-22)20(19)21/h8-10,14-15H,2-7,11-12H2,1H3. The van der Waals surface area contributed by atoms with Gasteiger partial charge in [-0.25, -0.2) is 4.39 Å². The third kappa shape index (κ3) is 2.95. The summed E-state index contributed by atoms with van der Waals surface area (Å²) in [6.45, 7) is 2.27. The van der Waals surface area contributed by atoms with Crippen molar-refractivity contribution in [3.63, 3.8) is 0 Å². The minimum Gasteiger partial charge on any atom is -0.205 e. The summed E-state index contributed by atoms with van der Waals surface area (Å²) in [5.41, 5.74) is 3.51. The van der Waals surface area contributed by atoms with Gasteiger partial charge in [-0.2, -0.15) is 5.26 Å². The lowest BCUT2D eigenvalue weighted by molar-refractivity contribution is 0.283. The second-order valence-electron chi connectivity index (χ2n) is 6.84.